The van der Waals surface area contributed by atoms with Crippen molar-refractivity contribution in [2.75, 3.05) is 12.4 Å². The molecular weight excluding hydrogens is 256 g/mol. The highest BCUT2D eigenvalue weighted by Gasteiger charge is 2.05. The highest BCUT2D eigenvalue weighted by atomic mass is 32.2. The molecule has 0 saturated carbocycles. The molecule has 0 saturated heterocycles. The zero-order valence-corrected chi connectivity index (χ0v) is 12.3. The van der Waals surface area contributed by atoms with E-state index in [2.05, 4.69) is 12.1 Å². The first kappa shape index (κ1) is 14.2. The van der Waals surface area contributed by atoms with Crippen molar-refractivity contribution in [3.05, 3.63) is 42.5 Å². The maximum absolute atomic E-state index is 12.2. The summed E-state index contributed by atoms with van der Waals surface area (Å²) in [6.45, 7) is 4.71. The lowest BCUT2D eigenvalue weighted by Gasteiger charge is -2.07. The van der Waals surface area contributed by atoms with Crippen molar-refractivity contribution < 1.29 is 8.95 Å². The van der Waals surface area contributed by atoms with Gasteiger partial charge < -0.3 is 4.74 Å². The Bertz CT molecular complexity index is 563. The lowest BCUT2D eigenvalue weighted by Crippen LogP contribution is -2.07. The van der Waals surface area contributed by atoms with Crippen LogP contribution in [0.2, 0.25) is 0 Å². The topological polar surface area (TPSA) is 26.3 Å². The fourth-order valence-electron chi connectivity index (χ4n) is 1.94. The van der Waals surface area contributed by atoms with Crippen LogP contribution in [0.15, 0.2) is 47.4 Å². The van der Waals surface area contributed by atoms with Gasteiger partial charge in [0, 0.05) is 17.3 Å². The van der Waals surface area contributed by atoms with Crippen molar-refractivity contribution in [2.24, 2.45) is 0 Å². The summed E-state index contributed by atoms with van der Waals surface area (Å²) in [7, 11) is -0.934. The lowest BCUT2D eigenvalue weighted by atomic mass is 10.1. The molecule has 0 aliphatic carbocycles. The summed E-state index contributed by atoms with van der Waals surface area (Å²) in [4.78, 5) is 0.906. The van der Waals surface area contributed by atoms with Crippen LogP contribution in [0.1, 0.15) is 20.3 Å². The van der Waals surface area contributed by atoms with Gasteiger partial charge in [-0.15, -0.1) is 0 Å². The number of hydrogen-bond acceptors (Lipinski definition) is 2. The Hall–Kier alpha value is -1.19. The Balaban J connectivity index is 1.97. The summed E-state index contributed by atoms with van der Waals surface area (Å²) in [5.74, 6) is 0.658. The molecule has 0 aliphatic rings. The first-order valence-corrected chi connectivity index (χ1v) is 7.97. The van der Waals surface area contributed by atoms with Gasteiger partial charge in [0.2, 0.25) is 0 Å². The molecule has 0 radical (unpaired) electrons. The molecule has 0 amide bonds. The van der Waals surface area contributed by atoms with Crippen LogP contribution in [0.25, 0.3) is 10.8 Å². The van der Waals surface area contributed by atoms with Crippen LogP contribution in [0, 0.1) is 0 Å². The molecule has 1 atom stereocenters. The van der Waals surface area contributed by atoms with Gasteiger partial charge in [-0.3, -0.25) is 4.21 Å². The molecule has 3 heteroatoms. The second kappa shape index (κ2) is 6.83. The molecule has 0 N–H and O–H groups in total. The molecule has 0 fully saturated rings. The quantitative estimate of drug-likeness (QED) is 0.751. The molecule has 2 nitrogen and oxygen atoms in total. The Morgan fingerprint density at radius 2 is 1.84 bits per heavy atom. The number of rotatable bonds is 6. The van der Waals surface area contributed by atoms with Crippen LogP contribution < -0.4 is 0 Å². The molecule has 19 heavy (non-hydrogen) atoms. The van der Waals surface area contributed by atoms with Gasteiger partial charge in [0.25, 0.3) is 0 Å². The van der Waals surface area contributed by atoms with Crippen molar-refractivity contribution in [2.45, 2.75) is 31.3 Å². The lowest BCUT2D eigenvalue weighted by molar-refractivity contribution is 0.0798. The number of ether oxygens (including phenoxy) is 1. The highest BCUT2D eigenvalue weighted by molar-refractivity contribution is 7.85. The van der Waals surface area contributed by atoms with Gasteiger partial charge in [-0.2, -0.15) is 0 Å². The predicted molar refractivity (Wildman–Crippen MR) is 80.9 cm³/mol. The fourth-order valence-corrected chi connectivity index (χ4v) is 3.03. The summed E-state index contributed by atoms with van der Waals surface area (Å²) in [5.41, 5.74) is 0. The van der Waals surface area contributed by atoms with Crippen LogP contribution in [0.5, 0.6) is 0 Å². The molecule has 2 aromatic rings. The van der Waals surface area contributed by atoms with Crippen LogP contribution in [-0.2, 0) is 15.5 Å². The van der Waals surface area contributed by atoms with Crippen molar-refractivity contribution in [1.82, 2.24) is 0 Å². The molecule has 2 rings (SSSR count). The number of benzene rings is 2. The van der Waals surface area contributed by atoms with Crippen molar-refractivity contribution in [3.63, 3.8) is 0 Å². The van der Waals surface area contributed by atoms with E-state index in [9.17, 15) is 4.21 Å². The van der Waals surface area contributed by atoms with Gasteiger partial charge in [0.15, 0.2) is 0 Å². The first-order chi connectivity index (χ1) is 9.16. The van der Waals surface area contributed by atoms with Crippen LogP contribution in [0.4, 0.5) is 0 Å². The summed E-state index contributed by atoms with van der Waals surface area (Å²) in [6.07, 6.45) is 1.08. The average Bonchev–Trinajstić information content (AvgIpc) is 2.42. The largest absolute Gasteiger partial charge is 0.379 e. The number of hydrogen-bond donors (Lipinski definition) is 0. The Labute approximate surface area is 117 Å². The normalized spacial score (nSPS) is 13.0. The fraction of sp³-hybridized carbons (Fsp3) is 0.375. The van der Waals surface area contributed by atoms with E-state index in [1.165, 1.54) is 5.39 Å². The third kappa shape index (κ3) is 4.15. The molecule has 0 bridgehead atoms. The SMILES string of the molecule is CC(C)OCCCS(=O)c1ccc2ccccc2c1. The zero-order valence-electron chi connectivity index (χ0n) is 11.5. The van der Waals surface area contributed by atoms with Gasteiger partial charge in [-0.05, 0) is 43.2 Å². The minimum atomic E-state index is -0.934. The Morgan fingerprint density at radius 3 is 2.58 bits per heavy atom. The monoisotopic (exact) mass is 276 g/mol. The predicted octanol–water partition coefficient (Wildman–Crippen LogP) is 3.76. The van der Waals surface area contributed by atoms with Gasteiger partial charge in [0.05, 0.1) is 16.9 Å². The van der Waals surface area contributed by atoms with E-state index in [1.54, 1.807) is 0 Å². The third-order valence-electron chi connectivity index (χ3n) is 2.91. The molecule has 0 aliphatic heterocycles. The minimum Gasteiger partial charge on any atom is -0.379 e. The molecule has 1 unspecified atom stereocenters. The van der Waals surface area contributed by atoms with Gasteiger partial charge >= 0.3 is 0 Å². The minimum absolute atomic E-state index is 0.245. The van der Waals surface area contributed by atoms with E-state index < -0.39 is 10.8 Å². The maximum atomic E-state index is 12.2. The maximum Gasteiger partial charge on any atom is 0.0530 e. The second-order valence-corrected chi connectivity index (χ2v) is 6.40. The van der Waals surface area contributed by atoms with Crippen molar-refractivity contribution in [3.8, 4) is 0 Å². The zero-order chi connectivity index (χ0) is 13.7. The van der Waals surface area contributed by atoms with Gasteiger partial charge in [0.1, 0.15) is 0 Å². The molecule has 0 heterocycles. The summed E-state index contributed by atoms with van der Waals surface area (Å²) in [5, 5.41) is 2.33. The van der Waals surface area contributed by atoms with Gasteiger partial charge in [-0.25, -0.2) is 0 Å². The third-order valence-corrected chi connectivity index (χ3v) is 4.35. The summed E-state index contributed by atoms with van der Waals surface area (Å²) < 4.78 is 17.7. The second-order valence-electron chi connectivity index (χ2n) is 4.83. The van der Waals surface area contributed by atoms with Gasteiger partial charge in [-0.1, -0.05) is 30.3 Å². The molecular formula is C16H20O2S. The highest BCUT2D eigenvalue weighted by Crippen LogP contribution is 2.18. The van der Waals surface area contributed by atoms with E-state index >= 15 is 0 Å². The summed E-state index contributed by atoms with van der Waals surface area (Å²) >= 11 is 0. The number of fused-ring (bicyclic) bond motifs is 1. The smallest absolute Gasteiger partial charge is 0.0530 e. The van der Waals surface area contributed by atoms with Crippen LogP contribution in [-0.4, -0.2) is 22.7 Å². The molecule has 2 aromatic carbocycles. The van der Waals surface area contributed by atoms with E-state index in [0.717, 1.165) is 16.7 Å². The van der Waals surface area contributed by atoms with Crippen LogP contribution in [0.3, 0.4) is 0 Å². The van der Waals surface area contributed by atoms with Crippen LogP contribution >= 0.6 is 0 Å². The van der Waals surface area contributed by atoms with E-state index in [4.69, 9.17) is 4.74 Å². The molecule has 0 spiro atoms. The van der Waals surface area contributed by atoms with Crippen molar-refractivity contribution in [1.29, 1.82) is 0 Å². The Morgan fingerprint density at radius 1 is 1.11 bits per heavy atom. The Kier molecular flexibility index (Phi) is 5.11. The first-order valence-electron chi connectivity index (χ1n) is 6.65. The molecule has 102 valence electrons. The summed E-state index contributed by atoms with van der Waals surface area (Å²) in [6, 6.07) is 14.2. The van der Waals surface area contributed by atoms with E-state index in [1.807, 2.05) is 44.2 Å². The van der Waals surface area contributed by atoms with E-state index in [0.29, 0.717) is 12.4 Å². The average molecular weight is 276 g/mol. The molecule has 0 aromatic heterocycles. The van der Waals surface area contributed by atoms with Crippen molar-refractivity contribution >= 4 is 21.6 Å². The standard InChI is InChI=1S/C16H20O2S/c1-13(2)18-10-5-11-19(17)16-9-8-14-6-3-4-7-15(14)12-16/h3-4,6-9,12-13H,5,10-11H2,1-2H3. The van der Waals surface area contributed by atoms with E-state index in [-0.39, 0.29) is 6.10 Å².